The maximum Gasteiger partial charge on any atom is 0.251 e. The summed E-state index contributed by atoms with van der Waals surface area (Å²) in [5.74, 6) is 1.38. The van der Waals surface area contributed by atoms with Crippen LogP contribution in [0.15, 0.2) is 24.3 Å². The van der Waals surface area contributed by atoms with Crippen molar-refractivity contribution in [2.24, 2.45) is 0 Å². The zero-order valence-electron chi connectivity index (χ0n) is 9.32. The van der Waals surface area contributed by atoms with Crippen LogP contribution in [-0.4, -0.2) is 27.7 Å². The second kappa shape index (κ2) is 5.95. The Balaban J connectivity index is 1.93. The van der Waals surface area contributed by atoms with Crippen molar-refractivity contribution in [3.05, 3.63) is 33.4 Å². The highest BCUT2D eigenvalue weighted by Crippen LogP contribution is 2.11. The van der Waals surface area contributed by atoms with Crippen LogP contribution in [0.4, 0.5) is 0 Å². The Morgan fingerprint density at radius 3 is 2.41 bits per heavy atom. The van der Waals surface area contributed by atoms with E-state index < -0.39 is 10.8 Å². The Morgan fingerprint density at radius 1 is 1.24 bits per heavy atom. The molecule has 1 aromatic carbocycles. The smallest absolute Gasteiger partial charge is 0.251 e. The maximum absolute atomic E-state index is 11.9. The van der Waals surface area contributed by atoms with Crippen LogP contribution in [0.5, 0.6) is 0 Å². The van der Waals surface area contributed by atoms with Gasteiger partial charge in [-0.25, -0.2) is 0 Å². The quantitative estimate of drug-likeness (QED) is 0.817. The van der Waals surface area contributed by atoms with Gasteiger partial charge in [0.05, 0.1) is 0 Å². The average molecular weight is 363 g/mol. The first kappa shape index (κ1) is 13.0. The zero-order valence-corrected chi connectivity index (χ0v) is 12.3. The van der Waals surface area contributed by atoms with E-state index in [1.54, 1.807) is 0 Å². The van der Waals surface area contributed by atoms with Gasteiger partial charge in [-0.3, -0.25) is 9.00 Å². The van der Waals surface area contributed by atoms with E-state index in [-0.39, 0.29) is 11.9 Å². The first-order chi connectivity index (χ1) is 8.15. The molecule has 1 aliphatic rings. The number of rotatable bonds is 2. The van der Waals surface area contributed by atoms with Gasteiger partial charge in [0.25, 0.3) is 5.91 Å². The van der Waals surface area contributed by atoms with E-state index in [4.69, 9.17) is 0 Å². The molecule has 17 heavy (non-hydrogen) atoms. The molecule has 1 N–H and O–H groups in total. The molecule has 5 heteroatoms. The minimum atomic E-state index is -0.676. The number of halogens is 1. The highest BCUT2D eigenvalue weighted by Gasteiger charge is 2.19. The van der Waals surface area contributed by atoms with E-state index in [1.165, 1.54) is 0 Å². The largest absolute Gasteiger partial charge is 0.349 e. The van der Waals surface area contributed by atoms with Crippen molar-refractivity contribution in [1.82, 2.24) is 5.32 Å². The Labute approximate surface area is 117 Å². The lowest BCUT2D eigenvalue weighted by atomic mass is 10.1. The molecular weight excluding hydrogens is 349 g/mol. The third kappa shape index (κ3) is 3.77. The molecule has 3 nitrogen and oxygen atoms in total. The molecule has 1 aliphatic heterocycles. The summed E-state index contributed by atoms with van der Waals surface area (Å²) in [4.78, 5) is 11.9. The Bertz CT molecular complexity index is 423. The lowest BCUT2D eigenvalue weighted by Gasteiger charge is -2.22. The number of carbonyl (C=O) groups excluding carboxylic acids is 1. The predicted octanol–water partition coefficient (Wildman–Crippen LogP) is 1.93. The van der Waals surface area contributed by atoms with Crippen LogP contribution in [0.3, 0.4) is 0 Å². The number of benzene rings is 1. The normalized spacial score (nSPS) is 24.3. The second-order valence-corrected chi connectivity index (χ2v) is 7.04. The van der Waals surface area contributed by atoms with Gasteiger partial charge in [0.15, 0.2) is 0 Å². The predicted molar refractivity (Wildman–Crippen MR) is 77.5 cm³/mol. The van der Waals surface area contributed by atoms with Crippen LogP contribution in [0.1, 0.15) is 23.2 Å². The lowest BCUT2D eigenvalue weighted by molar-refractivity contribution is 0.0934. The summed E-state index contributed by atoms with van der Waals surface area (Å²) in [6.45, 7) is 0. The van der Waals surface area contributed by atoms with Crippen molar-refractivity contribution in [3.63, 3.8) is 0 Å². The Kier molecular flexibility index (Phi) is 4.55. The van der Waals surface area contributed by atoms with Crippen molar-refractivity contribution in [2.45, 2.75) is 18.9 Å². The van der Waals surface area contributed by atoms with E-state index in [0.29, 0.717) is 17.1 Å². The topological polar surface area (TPSA) is 46.2 Å². The van der Waals surface area contributed by atoms with Gasteiger partial charge in [-0.2, -0.15) is 0 Å². The highest BCUT2D eigenvalue weighted by molar-refractivity contribution is 14.1. The van der Waals surface area contributed by atoms with Gasteiger partial charge in [-0.15, -0.1) is 0 Å². The molecular formula is C12H14INO2S. The van der Waals surface area contributed by atoms with Crippen molar-refractivity contribution in [2.75, 3.05) is 11.5 Å². The van der Waals surface area contributed by atoms with Gasteiger partial charge in [-0.1, -0.05) is 0 Å². The van der Waals surface area contributed by atoms with Crippen LogP contribution in [-0.2, 0) is 10.8 Å². The lowest BCUT2D eigenvalue weighted by Crippen LogP contribution is -2.39. The summed E-state index contributed by atoms with van der Waals surface area (Å²) in [5.41, 5.74) is 0.692. The van der Waals surface area contributed by atoms with E-state index in [9.17, 15) is 9.00 Å². The fourth-order valence-corrected chi connectivity index (χ4v) is 3.47. The molecule has 1 heterocycles. The summed E-state index contributed by atoms with van der Waals surface area (Å²) in [7, 11) is -0.676. The molecule has 0 aliphatic carbocycles. The van der Waals surface area contributed by atoms with Gasteiger partial charge in [0.2, 0.25) is 0 Å². The van der Waals surface area contributed by atoms with Crippen LogP contribution in [0, 0.1) is 3.57 Å². The van der Waals surface area contributed by atoms with Crippen molar-refractivity contribution in [1.29, 1.82) is 0 Å². The molecule has 0 spiro atoms. The highest BCUT2D eigenvalue weighted by atomic mass is 127. The van der Waals surface area contributed by atoms with E-state index >= 15 is 0 Å². The van der Waals surface area contributed by atoms with Crippen molar-refractivity contribution < 1.29 is 9.00 Å². The van der Waals surface area contributed by atoms with E-state index in [0.717, 1.165) is 16.4 Å². The Hall–Kier alpha value is -0.430. The fourth-order valence-electron chi connectivity index (χ4n) is 1.81. The molecule has 0 unspecified atom stereocenters. The molecule has 0 bridgehead atoms. The van der Waals surface area contributed by atoms with Crippen molar-refractivity contribution in [3.8, 4) is 0 Å². The molecule has 1 aromatic rings. The van der Waals surface area contributed by atoms with Crippen LogP contribution < -0.4 is 5.32 Å². The summed E-state index contributed by atoms with van der Waals surface area (Å²) < 4.78 is 12.3. The fraction of sp³-hybridized carbons (Fsp3) is 0.417. The monoisotopic (exact) mass is 363 g/mol. The first-order valence-electron chi connectivity index (χ1n) is 5.56. The zero-order chi connectivity index (χ0) is 12.3. The molecule has 1 saturated heterocycles. The number of carbonyl (C=O) groups is 1. The van der Waals surface area contributed by atoms with Crippen LogP contribution in [0.25, 0.3) is 0 Å². The van der Waals surface area contributed by atoms with Crippen molar-refractivity contribution >= 4 is 39.3 Å². The minimum Gasteiger partial charge on any atom is -0.349 e. The third-order valence-corrected chi connectivity index (χ3v) is 4.93. The standard InChI is InChI=1S/C12H14INO2S/c13-10-3-1-9(2-4-10)12(15)14-11-5-7-17(16)8-6-11/h1-4,11H,5-8H2,(H,14,15). The maximum atomic E-state index is 11.9. The molecule has 2 rings (SSSR count). The molecule has 92 valence electrons. The van der Waals surface area contributed by atoms with Gasteiger partial charge in [-0.05, 0) is 59.7 Å². The summed E-state index contributed by atoms with van der Waals surface area (Å²) >= 11 is 2.21. The summed E-state index contributed by atoms with van der Waals surface area (Å²) in [5, 5.41) is 3.00. The molecule has 1 amide bonds. The molecule has 0 atom stereocenters. The first-order valence-corrected chi connectivity index (χ1v) is 8.13. The molecule has 1 fully saturated rings. The minimum absolute atomic E-state index is 0.0286. The van der Waals surface area contributed by atoms with E-state index in [2.05, 4.69) is 27.9 Å². The van der Waals surface area contributed by atoms with Crippen LogP contribution >= 0.6 is 22.6 Å². The molecule has 0 aromatic heterocycles. The van der Waals surface area contributed by atoms with Gasteiger partial charge >= 0.3 is 0 Å². The van der Waals surface area contributed by atoms with Gasteiger partial charge in [0, 0.05) is 37.5 Å². The number of nitrogens with one attached hydrogen (secondary N) is 1. The number of hydrogen-bond acceptors (Lipinski definition) is 2. The third-order valence-electron chi connectivity index (χ3n) is 2.83. The Morgan fingerprint density at radius 2 is 1.82 bits per heavy atom. The van der Waals surface area contributed by atoms with E-state index in [1.807, 2.05) is 24.3 Å². The van der Waals surface area contributed by atoms with Gasteiger partial charge < -0.3 is 5.32 Å². The molecule has 0 saturated carbocycles. The average Bonchev–Trinajstić information content (AvgIpc) is 2.33. The number of amides is 1. The summed E-state index contributed by atoms with van der Waals surface area (Å²) in [6.07, 6.45) is 1.64. The number of hydrogen-bond donors (Lipinski definition) is 1. The summed E-state index contributed by atoms with van der Waals surface area (Å²) in [6, 6.07) is 7.69. The van der Waals surface area contributed by atoms with Gasteiger partial charge in [0.1, 0.15) is 0 Å². The second-order valence-electron chi connectivity index (χ2n) is 4.10. The van der Waals surface area contributed by atoms with Crippen LogP contribution in [0.2, 0.25) is 0 Å². The molecule has 0 radical (unpaired) electrons. The SMILES string of the molecule is O=C(NC1CCS(=O)CC1)c1ccc(I)cc1.